The van der Waals surface area contributed by atoms with Crippen LogP contribution in [-0.4, -0.2) is 35.1 Å². The smallest absolute Gasteiger partial charge is 0.311 e. The number of esters is 1. The normalized spacial score (nSPS) is 11.1. The van der Waals surface area contributed by atoms with E-state index in [9.17, 15) is 9.59 Å². The first kappa shape index (κ1) is 19.0. The number of carbonyl (C=O) groups excluding carboxylic acids is 1. The van der Waals surface area contributed by atoms with E-state index in [0.29, 0.717) is 12.3 Å². The van der Waals surface area contributed by atoms with Crippen LogP contribution in [-0.2, 0) is 16.0 Å². The molecule has 0 aliphatic rings. The number of hydrogen-bond acceptors (Lipinski definition) is 6. The maximum Gasteiger partial charge on any atom is 0.311 e. The van der Waals surface area contributed by atoms with E-state index < -0.39 is 11.5 Å². The van der Waals surface area contributed by atoms with E-state index in [-0.39, 0.29) is 30.6 Å². The summed E-state index contributed by atoms with van der Waals surface area (Å²) in [5, 5.41) is 2.88. The van der Waals surface area contributed by atoms with E-state index in [4.69, 9.17) is 15.2 Å². The number of anilines is 1. The van der Waals surface area contributed by atoms with Crippen LogP contribution < -0.4 is 21.3 Å². The maximum atomic E-state index is 11.7. The van der Waals surface area contributed by atoms with E-state index in [1.807, 2.05) is 6.92 Å². The number of ether oxygens (including phenoxy) is 2. The molecule has 1 aromatic heterocycles. The minimum atomic E-state index is -0.471. The average Bonchev–Trinajstić information content (AvgIpc) is 2.56. The summed E-state index contributed by atoms with van der Waals surface area (Å²) >= 11 is 0. The van der Waals surface area contributed by atoms with Crippen molar-refractivity contribution >= 4 is 23.6 Å². The average molecular weight is 359 g/mol. The van der Waals surface area contributed by atoms with Crippen molar-refractivity contribution < 1.29 is 14.3 Å². The third-order valence-electron chi connectivity index (χ3n) is 3.08. The minimum Gasteiger partial charge on any atom is -0.494 e. The molecular weight excluding hydrogens is 338 g/mol. The van der Waals surface area contributed by atoms with Gasteiger partial charge in [-0.1, -0.05) is 0 Å². The van der Waals surface area contributed by atoms with Gasteiger partial charge < -0.3 is 20.5 Å². The molecule has 0 radical (unpaired) electrons. The molecule has 0 saturated carbocycles. The third-order valence-corrected chi connectivity index (χ3v) is 3.08. The number of benzene rings is 1. The Morgan fingerprint density at radius 3 is 2.65 bits per heavy atom. The lowest BCUT2D eigenvalue weighted by molar-refractivity contribution is -0.142. The highest BCUT2D eigenvalue weighted by Gasteiger charge is 2.08. The predicted molar refractivity (Wildman–Crippen MR) is 97.7 cm³/mol. The number of carbonyl (C=O) groups is 1. The molecule has 0 bridgehead atoms. The molecule has 1 aromatic carbocycles. The summed E-state index contributed by atoms with van der Waals surface area (Å²) in [4.78, 5) is 33.8. The monoisotopic (exact) mass is 359 g/mol. The molecule has 4 N–H and O–H groups in total. The molecule has 1 heterocycles. The summed E-state index contributed by atoms with van der Waals surface area (Å²) in [5.41, 5.74) is 6.34. The van der Waals surface area contributed by atoms with Crippen molar-refractivity contribution in [3.8, 4) is 5.75 Å². The van der Waals surface area contributed by atoms with E-state index in [2.05, 4.69) is 20.3 Å². The number of hydrogen-bond donors (Lipinski definition) is 3. The standard InChI is InChI=1S/C17H21N5O4/c1-3-25-13-7-5-11(6-8-13)19-16(18)22-17-20-12(9-14(23)21-17)10-15(24)26-4-2/h5-9H,3-4,10H2,1-2H3,(H4,18,19,20,21,22,23). The molecule has 138 valence electrons. The van der Waals surface area contributed by atoms with Crippen molar-refractivity contribution in [1.29, 1.82) is 0 Å². The number of nitrogens with one attached hydrogen (secondary N) is 2. The number of nitrogens with two attached hydrogens (primary N) is 1. The lowest BCUT2D eigenvalue weighted by Gasteiger charge is -2.07. The van der Waals surface area contributed by atoms with Gasteiger partial charge in [0.15, 0.2) is 0 Å². The number of nitrogens with zero attached hydrogens (tertiary/aromatic N) is 2. The molecule has 0 fully saturated rings. The molecular formula is C17H21N5O4. The number of rotatable bonds is 7. The second kappa shape index (κ2) is 9.21. The Kier molecular flexibility index (Phi) is 6.72. The Balaban J connectivity index is 2.10. The lowest BCUT2D eigenvalue weighted by atomic mass is 10.3. The zero-order valence-corrected chi connectivity index (χ0v) is 14.6. The van der Waals surface area contributed by atoms with Crippen LogP contribution in [0.5, 0.6) is 5.75 Å². The summed E-state index contributed by atoms with van der Waals surface area (Å²) in [6.45, 7) is 4.44. The van der Waals surface area contributed by atoms with Crippen LogP contribution in [0.25, 0.3) is 0 Å². The highest BCUT2D eigenvalue weighted by molar-refractivity contribution is 5.93. The Morgan fingerprint density at radius 2 is 2.00 bits per heavy atom. The topological polar surface area (TPSA) is 132 Å². The molecule has 0 atom stereocenters. The van der Waals surface area contributed by atoms with Gasteiger partial charge in [-0.3, -0.25) is 14.6 Å². The molecule has 2 rings (SSSR count). The van der Waals surface area contributed by atoms with Crippen LogP contribution in [0.15, 0.2) is 40.1 Å². The van der Waals surface area contributed by atoms with Gasteiger partial charge in [0.2, 0.25) is 11.9 Å². The van der Waals surface area contributed by atoms with Gasteiger partial charge in [-0.05, 0) is 38.1 Å². The van der Waals surface area contributed by atoms with Gasteiger partial charge in [0.25, 0.3) is 5.56 Å². The second-order valence-electron chi connectivity index (χ2n) is 5.12. The third kappa shape index (κ3) is 5.93. The zero-order chi connectivity index (χ0) is 18.9. The zero-order valence-electron chi connectivity index (χ0n) is 14.6. The molecule has 0 unspecified atom stereocenters. The SMILES string of the molecule is CCOC(=O)Cc1cc(=O)[nH]c(/N=C(\N)Nc2ccc(OCC)cc2)n1. The van der Waals surface area contributed by atoms with Crippen molar-refractivity contribution in [3.05, 3.63) is 46.4 Å². The maximum absolute atomic E-state index is 11.7. The first-order chi connectivity index (χ1) is 12.5. The molecule has 9 nitrogen and oxygen atoms in total. The summed E-state index contributed by atoms with van der Waals surface area (Å²) in [5.74, 6) is 0.297. The van der Waals surface area contributed by atoms with Crippen molar-refractivity contribution in [1.82, 2.24) is 9.97 Å². The van der Waals surface area contributed by atoms with Crippen LogP contribution in [0, 0.1) is 0 Å². The fraction of sp³-hybridized carbons (Fsp3) is 0.294. The Hall–Kier alpha value is -3.36. The van der Waals surface area contributed by atoms with Gasteiger partial charge in [0, 0.05) is 11.8 Å². The fourth-order valence-corrected chi connectivity index (χ4v) is 2.09. The summed E-state index contributed by atoms with van der Waals surface area (Å²) in [6.07, 6.45) is -0.119. The van der Waals surface area contributed by atoms with Gasteiger partial charge in [0.05, 0.1) is 25.3 Å². The molecule has 0 spiro atoms. The van der Waals surface area contributed by atoms with Crippen molar-refractivity contribution in [2.24, 2.45) is 10.7 Å². The molecule has 26 heavy (non-hydrogen) atoms. The molecule has 0 saturated heterocycles. The first-order valence-corrected chi connectivity index (χ1v) is 8.10. The van der Waals surface area contributed by atoms with E-state index in [0.717, 1.165) is 5.75 Å². The van der Waals surface area contributed by atoms with E-state index >= 15 is 0 Å². The van der Waals surface area contributed by atoms with E-state index in [1.165, 1.54) is 6.07 Å². The van der Waals surface area contributed by atoms with Gasteiger partial charge in [-0.2, -0.15) is 4.99 Å². The molecule has 0 amide bonds. The number of H-pyrrole nitrogens is 1. The Labute approximate surface area is 150 Å². The Morgan fingerprint density at radius 1 is 1.27 bits per heavy atom. The summed E-state index contributed by atoms with van der Waals surface area (Å²) in [7, 11) is 0. The quantitative estimate of drug-likeness (QED) is 0.386. The van der Waals surface area contributed by atoms with Crippen LogP contribution in [0.1, 0.15) is 19.5 Å². The highest BCUT2D eigenvalue weighted by Crippen LogP contribution is 2.15. The second-order valence-corrected chi connectivity index (χ2v) is 5.12. The fourth-order valence-electron chi connectivity index (χ4n) is 2.09. The molecule has 0 aliphatic heterocycles. The van der Waals surface area contributed by atoms with Crippen molar-refractivity contribution in [3.63, 3.8) is 0 Å². The van der Waals surface area contributed by atoms with Crippen LogP contribution in [0.3, 0.4) is 0 Å². The largest absolute Gasteiger partial charge is 0.494 e. The summed E-state index contributed by atoms with van der Waals surface area (Å²) < 4.78 is 10.2. The molecule has 9 heteroatoms. The molecule has 2 aromatic rings. The number of aromatic nitrogens is 2. The Bertz CT molecular complexity index is 830. The minimum absolute atomic E-state index is 0.00673. The van der Waals surface area contributed by atoms with Crippen molar-refractivity contribution in [2.75, 3.05) is 18.5 Å². The van der Waals surface area contributed by atoms with E-state index in [1.54, 1.807) is 31.2 Å². The van der Waals surface area contributed by atoms with Crippen LogP contribution in [0.2, 0.25) is 0 Å². The molecule has 0 aliphatic carbocycles. The van der Waals surface area contributed by atoms with Crippen LogP contribution in [0.4, 0.5) is 11.6 Å². The summed E-state index contributed by atoms with van der Waals surface area (Å²) in [6, 6.07) is 8.35. The van der Waals surface area contributed by atoms with Gasteiger partial charge >= 0.3 is 5.97 Å². The van der Waals surface area contributed by atoms with Crippen LogP contribution >= 0.6 is 0 Å². The lowest BCUT2D eigenvalue weighted by Crippen LogP contribution is -2.22. The number of guanidine groups is 1. The highest BCUT2D eigenvalue weighted by atomic mass is 16.5. The van der Waals surface area contributed by atoms with Gasteiger partial charge in [-0.25, -0.2) is 4.98 Å². The van der Waals surface area contributed by atoms with Crippen molar-refractivity contribution in [2.45, 2.75) is 20.3 Å². The number of aromatic amines is 1. The predicted octanol–water partition coefficient (Wildman–Crippen LogP) is 1.33. The van der Waals surface area contributed by atoms with Gasteiger partial charge in [-0.15, -0.1) is 0 Å². The first-order valence-electron chi connectivity index (χ1n) is 8.10. The number of aliphatic imine (C=N–C) groups is 1. The van der Waals surface area contributed by atoms with Gasteiger partial charge in [0.1, 0.15) is 5.75 Å².